The molecule has 0 amide bonds. The highest BCUT2D eigenvalue weighted by molar-refractivity contribution is 6.28. The SMILES string of the molecule is Cc1cccc(C2=C(C(F)(F)F)[N]N=C2C(F)(F)F)c1. The maximum absolute atomic E-state index is 12.8. The predicted octanol–water partition coefficient (Wildman–Crippen LogP) is 3.80. The molecule has 8 heteroatoms. The molecule has 0 saturated carbocycles. The molecule has 1 aliphatic rings. The van der Waals surface area contributed by atoms with Crippen LogP contribution in [0.15, 0.2) is 35.1 Å². The lowest BCUT2D eigenvalue weighted by atomic mass is 9.97. The van der Waals surface area contributed by atoms with Gasteiger partial charge in [-0.25, -0.2) is 0 Å². The third kappa shape index (κ3) is 2.63. The van der Waals surface area contributed by atoms with Gasteiger partial charge in [-0.15, -0.1) is 10.5 Å². The average molecular weight is 293 g/mol. The maximum Gasteiger partial charge on any atom is 0.435 e. The number of alkyl halides is 6. The van der Waals surface area contributed by atoms with E-state index in [0.717, 1.165) is 6.07 Å². The molecule has 1 aromatic rings. The number of hydrogen-bond acceptors (Lipinski definition) is 1. The van der Waals surface area contributed by atoms with Crippen LogP contribution in [-0.2, 0) is 0 Å². The first-order chi connectivity index (χ1) is 9.10. The lowest BCUT2D eigenvalue weighted by Crippen LogP contribution is -2.24. The lowest BCUT2D eigenvalue weighted by molar-refractivity contribution is -0.0958. The number of rotatable bonds is 1. The molecule has 0 atom stereocenters. The van der Waals surface area contributed by atoms with E-state index in [9.17, 15) is 26.3 Å². The molecule has 0 aliphatic carbocycles. The molecule has 20 heavy (non-hydrogen) atoms. The summed E-state index contributed by atoms with van der Waals surface area (Å²) in [6.45, 7) is 1.56. The van der Waals surface area contributed by atoms with Gasteiger partial charge in [-0.05, 0) is 12.5 Å². The van der Waals surface area contributed by atoms with Gasteiger partial charge in [-0.3, -0.25) is 0 Å². The first-order valence-electron chi connectivity index (χ1n) is 5.35. The maximum atomic E-state index is 12.8. The normalized spacial score (nSPS) is 16.2. The van der Waals surface area contributed by atoms with Gasteiger partial charge in [0, 0.05) is 5.57 Å². The standard InChI is InChI=1S/C12H7F6N2/c1-6-3-2-4-7(5-6)8-9(11(13,14)15)19-20-10(8)12(16,17)18/h2-5H,1H3. The van der Waals surface area contributed by atoms with Crippen LogP contribution in [0.25, 0.3) is 5.57 Å². The minimum absolute atomic E-state index is 0.213. The van der Waals surface area contributed by atoms with E-state index in [1.165, 1.54) is 12.1 Å². The zero-order valence-corrected chi connectivity index (χ0v) is 9.97. The van der Waals surface area contributed by atoms with Gasteiger partial charge in [0.1, 0.15) is 0 Å². The Balaban J connectivity index is 2.65. The van der Waals surface area contributed by atoms with Crippen LogP contribution < -0.4 is 5.43 Å². The van der Waals surface area contributed by atoms with Crippen molar-refractivity contribution in [2.24, 2.45) is 5.10 Å². The second-order valence-electron chi connectivity index (χ2n) is 4.14. The number of allylic oxidation sites excluding steroid dienone is 2. The molecule has 1 aromatic carbocycles. The van der Waals surface area contributed by atoms with Crippen molar-refractivity contribution in [3.05, 3.63) is 41.1 Å². The van der Waals surface area contributed by atoms with Crippen LogP contribution in [0.4, 0.5) is 26.3 Å². The largest absolute Gasteiger partial charge is 0.435 e. The summed E-state index contributed by atoms with van der Waals surface area (Å²) in [6, 6.07) is 5.32. The Bertz CT molecular complexity index is 595. The molecule has 0 unspecified atom stereocenters. The van der Waals surface area contributed by atoms with E-state index >= 15 is 0 Å². The lowest BCUT2D eigenvalue weighted by Gasteiger charge is -2.13. The molecule has 0 fully saturated rings. The van der Waals surface area contributed by atoms with E-state index in [1.54, 1.807) is 13.0 Å². The third-order valence-corrected chi connectivity index (χ3v) is 2.57. The van der Waals surface area contributed by atoms with Crippen molar-refractivity contribution < 1.29 is 26.3 Å². The Hall–Kier alpha value is -1.99. The molecule has 107 valence electrons. The minimum Gasteiger partial charge on any atom is -0.164 e. The van der Waals surface area contributed by atoms with Crippen LogP contribution in [0.1, 0.15) is 11.1 Å². The summed E-state index contributed by atoms with van der Waals surface area (Å²) < 4.78 is 76.6. The highest BCUT2D eigenvalue weighted by atomic mass is 19.4. The van der Waals surface area contributed by atoms with Crippen molar-refractivity contribution in [2.45, 2.75) is 19.3 Å². The van der Waals surface area contributed by atoms with Gasteiger partial charge in [0.2, 0.25) is 0 Å². The van der Waals surface area contributed by atoms with Crippen molar-refractivity contribution in [2.75, 3.05) is 0 Å². The molecule has 0 spiro atoms. The Labute approximate surface area is 109 Å². The smallest absolute Gasteiger partial charge is 0.164 e. The van der Waals surface area contributed by atoms with Gasteiger partial charge in [0.05, 0.1) is 0 Å². The molecule has 0 aromatic heterocycles. The minimum atomic E-state index is -5.00. The van der Waals surface area contributed by atoms with Crippen molar-refractivity contribution in [3.8, 4) is 0 Å². The molecule has 0 N–H and O–H groups in total. The van der Waals surface area contributed by atoms with E-state index in [4.69, 9.17) is 0 Å². The molecule has 1 heterocycles. The predicted molar refractivity (Wildman–Crippen MR) is 59.8 cm³/mol. The molecule has 2 rings (SSSR count). The van der Waals surface area contributed by atoms with Gasteiger partial charge < -0.3 is 0 Å². The van der Waals surface area contributed by atoms with Gasteiger partial charge in [-0.1, -0.05) is 29.8 Å². The summed E-state index contributed by atoms with van der Waals surface area (Å²) in [5, 5.41) is 2.66. The summed E-state index contributed by atoms with van der Waals surface area (Å²) >= 11 is 0. The summed E-state index contributed by atoms with van der Waals surface area (Å²) in [5.74, 6) is 0. The molecular weight excluding hydrogens is 286 g/mol. The summed E-state index contributed by atoms with van der Waals surface area (Å²) in [6.07, 6.45) is -10.0. The number of hydrogen-bond donors (Lipinski definition) is 0. The van der Waals surface area contributed by atoms with Crippen LogP contribution in [0.2, 0.25) is 0 Å². The first-order valence-corrected chi connectivity index (χ1v) is 5.35. The van der Waals surface area contributed by atoms with Crippen LogP contribution in [0, 0.1) is 6.92 Å². The van der Waals surface area contributed by atoms with E-state index in [0.29, 0.717) is 5.56 Å². The number of nitrogens with zero attached hydrogens (tertiary/aromatic N) is 2. The van der Waals surface area contributed by atoms with E-state index in [-0.39, 0.29) is 5.56 Å². The molecule has 0 bridgehead atoms. The summed E-state index contributed by atoms with van der Waals surface area (Å²) in [4.78, 5) is 0. The van der Waals surface area contributed by atoms with Crippen LogP contribution in [0.3, 0.4) is 0 Å². The zero-order chi connectivity index (χ0) is 15.1. The van der Waals surface area contributed by atoms with Crippen molar-refractivity contribution >= 4 is 11.3 Å². The second-order valence-corrected chi connectivity index (χ2v) is 4.14. The van der Waals surface area contributed by atoms with Crippen molar-refractivity contribution in [1.82, 2.24) is 5.43 Å². The molecule has 1 radical (unpaired) electrons. The van der Waals surface area contributed by atoms with Gasteiger partial charge in [0.25, 0.3) is 0 Å². The quantitative estimate of drug-likeness (QED) is 0.704. The third-order valence-electron chi connectivity index (χ3n) is 2.57. The van der Waals surface area contributed by atoms with E-state index in [2.05, 4.69) is 10.5 Å². The van der Waals surface area contributed by atoms with Crippen LogP contribution in [-0.4, -0.2) is 18.1 Å². The first kappa shape index (κ1) is 14.4. The Morgan fingerprint density at radius 1 is 0.950 bits per heavy atom. The fourth-order valence-corrected chi connectivity index (χ4v) is 1.78. The molecular formula is C12H7F6N2. The molecule has 2 nitrogen and oxygen atoms in total. The van der Waals surface area contributed by atoms with Crippen molar-refractivity contribution in [3.63, 3.8) is 0 Å². The Morgan fingerprint density at radius 3 is 2.10 bits per heavy atom. The number of halogens is 6. The fourth-order valence-electron chi connectivity index (χ4n) is 1.78. The summed E-state index contributed by atoms with van der Waals surface area (Å²) in [5.41, 5.74) is -1.31. The van der Waals surface area contributed by atoms with Gasteiger partial charge >= 0.3 is 12.4 Å². The van der Waals surface area contributed by atoms with Crippen LogP contribution in [0.5, 0.6) is 0 Å². The van der Waals surface area contributed by atoms with Gasteiger partial charge in [-0.2, -0.15) is 26.3 Å². The second kappa shape index (κ2) is 4.53. The fraction of sp³-hybridized carbons (Fsp3) is 0.250. The Morgan fingerprint density at radius 2 is 1.60 bits per heavy atom. The van der Waals surface area contributed by atoms with E-state index < -0.39 is 29.3 Å². The van der Waals surface area contributed by atoms with Crippen molar-refractivity contribution in [1.29, 1.82) is 0 Å². The van der Waals surface area contributed by atoms with E-state index in [1.807, 2.05) is 0 Å². The number of aryl methyl sites for hydroxylation is 1. The van der Waals surface area contributed by atoms with Crippen LogP contribution >= 0.6 is 0 Å². The topological polar surface area (TPSA) is 26.5 Å². The summed E-state index contributed by atoms with van der Waals surface area (Å²) in [7, 11) is 0. The highest BCUT2D eigenvalue weighted by Crippen LogP contribution is 2.39. The molecule has 0 saturated heterocycles. The number of benzene rings is 1. The Kier molecular flexibility index (Phi) is 3.27. The zero-order valence-electron chi connectivity index (χ0n) is 9.97. The average Bonchev–Trinajstić information content (AvgIpc) is 2.72. The molecule has 1 aliphatic heterocycles. The van der Waals surface area contributed by atoms with Gasteiger partial charge in [0.15, 0.2) is 11.4 Å². The monoisotopic (exact) mass is 293 g/mol. The highest BCUT2D eigenvalue weighted by Gasteiger charge is 2.49.